The van der Waals surface area contributed by atoms with Crippen LogP contribution in [0.1, 0.15) is 36.5 Å². The zero-order chi connectivity index (χ0) is 26.2. The summed E-state index contributed by atoms with van der Waals surface area (Å²) in [5.41, 5.74) is 5.76. The van der Waals surface area contributed by atoms with Gasteiger partial charge in [-0.1, -0.05) is 35.9 Å². The predicted molar refractivity (Wildman–Crippen MR) is 140 cm³/mol. The number of fused-ring (bicyclic) bond motifs is 1. The van der Waals surface area contributed by atoms with Crippen molar-refractivity contribution in [3.8, 4) is 28.1 Å². The summed E-state index contributed by atoms with van der Waals surface area (Å²) in [6.45, 7) is 1.62. The van der Waals surface area contributed by atoms with Crippen LogP contribution in [0, 0.1) is 0 Å². The first-order valence-corrected chi connectivity index (χ1v) is 12.4. The summed E-state index contributed by atoms with van der Waals surface area (Å²) in [4.78, 5) is 32.4. The van der Waals surface area contributed by atoms with Crippen molar-refractivity contribution >= 4 is 17.6 Å². The number of carbonyl (C=O) groups excluding carboxylic acids is 1. The molecule has 3 aromatic heterocycles. The number of aromatic amines is 1. The maximum absolute atomic E-state index is 13.4. The third-order valence-corrected chi connectivity index (χ3v) is 6.85. The number of hydrogen-bond acceptors (Lipinski definition) is 7. The predicted octanol–water partition coefficient (Wildman–Crippen LogP) is 4.13. The molecule has 0 radical (unpaired) electrons. The van der Waals surface area contributed by atoms with Crippen LogP contribution in [-0.4, -0.2) is 40.7 Å². The number of halogens is 1. The quantitative estimate of drug-likeness (QED) is 0.329. The van der Waals surface area contributed by atoms with Crippen LogP contribution >= 0.6 is 11.6 Å². The van der Waals surface area contributed by atoms with Crippen molar-refractivity contribution in [2.75, 3.05) is 0 Å². The molecule has 2 aromatic carbocycles. The van der Waals surface area contributed by atoms with Crippen LogP contribution in [0.25, 0.3) is 28.1 Å². The Bertz CT molecular complexity index is 1690. The van der Waals surface area contributed by atoms with Crippen LogP contribution in [0.3, 0.4) is 0 Å². The molecule has 11 heteroatoms. The monoisotopic (exact) mass is 527 g/mol. The van der Waals surface area contributed by atoms with Gasteiger partial charge in [-0.05, 0) is 64.2 Å². The van der Waals surface area contributed by atoms with E-state index < -0.39 is 0 Å². The number of imidazole rings is 1. The van der Waals surface area contributed by atoms with E-state index >= 15 is 0 Å². The van der Waals surface area contributed by atoms with Crippen molar-refractivity contribution in [3.63, 3.8) is 0 Å². The molecule has 0 fully saturated rings. The lowest BCUT2D eigenvalue weighted by atomic mass is 10.0. The second-order valence-electron chi connectivity index (χ2n) is 9.07. The standard InChI is InChI=1S/C27H22ClN7O3/c1-16(36)38-14-17-2-4-18(5-3-17)23-13-29-27(31-23)25-9-7-21-10-19(11-26(37)35(21)25)22-12-20(28)6-8-24(22)34-15-30-32-33-34/h2-6,8,10-13,15,25H,7,9,14H2,1H3,(H,29,31). The van der Waals surface area contributed by atoms with Crippen molar-refractivity contribution in [3.05, 3.63) is 99.6 Å². The molecule has 1 atom stereocenters. The fourth-order valence-electron chi connectivity index (χ4n) is 4.84. The summed E-state index contributed by atoms with van der Waals surface area (Å²) in [7, 11) is 0. The van der Waals surface area contributed by atoms with E-state index in [1.54, 1.807) is 27.6 Å². The highest BCUT2D eigenvalue weighted by atomic mass is 35.5. The van der Waals surface area contributed by atoms with E-state index in [0.29, 0.717) is 5.02 Å². The number of ether oxygens (including phenoxy) is 1. The van der Waals surface area contributed by atoms with E-state index in [1.807, 2.05) is 42.5 Å². The molecule has 0 amide bonds. The van der Waals surface area contributed by atoms with Gasteiger partial charge in [-0.2, -0.15) is 4.68 Å². The highest BCUT2D eigenvalue weighted by Gasteiger charge is 2.28. The van der Waals surface area contributed by atoms with Gasteiger partial charge in [0.1, 0.15) is 18.8 Å². The molecule has 0 bridgehead atoms. The summed E-state index contributed by atoms with van der Waals surface area (Å²) in [6.07, 6.45) is 4.76. The highest BCUT2D eigenvalue weighted by molar-refractivity contribution is 6.31. The number of H-pyrrole nitrogens is 1. The average Bonchev–Trinajstić information content (AvgIpc) is 3.68. The topological polar surface area (TPSA) is 121 Å². The molecule has 5 aromatic rings. The summed E-state index contributed by atoms with van der Waals surface area (Å²) < 4.78 is 8.40. The third kappa shape index (κ3) is 4.50. The molecule has 10 nitrogen and oxygen atoms in total. The van der Waals surface area contributed by atoms with Crippen LogP contribution in [0.2, 0.25) is 5.02 Å². The number of nitrogens with zero attached hydrogens (tertiary/aromatic N) is 6. The van der Waals surface area contributed by atoms with Crippen molar-refractivity contribution in [2.45, 2.75) is 32.4 Å². The molecule has 190 valence electrons. The third-order valence-electron chi connectivity index (χ3n) is 6.62. The first kappa shape index (κ1) is 23.8. The number of tetrazole rings is 1. The van der Waals surface area contributed by atoms with Crippen LogP contribution in [0.5, 0.6) is 0 Å². The normalized spacial score (nSPS) is 14.4. The van der Waals surface area contributed by atoms with Crippen molar-refractivity contribution in [1.82, 2.24) is 34.7 Å². The molecule has 4 heterocycles. The lowest BCUT2D eigenvalue weighted by Gasteiger charge is -2.15. The van der Waals surface area contributed by atoms with Crippen LogP contribution in [0.4, 0.5) is 0 Å². The Morgan fingerprint density at radius 3 is 2.74 bits per heavy atom. The molecule has 1 N–H and O–H groups in total. The second kappa shape index (κ2) is 9.71. The van der Waals surface area contributed by atoms with Crippen LogP contribution in [-0.2, 0) is 22.6 Å². The van der Waals surface area contributed by atoms with Gasteiger partial charge in [0, 0.05) is 29.3 Å². The number of nitrogens with one attached hydrogen (secondary N) is 1. The summed E-state index contributed by atoms with van der Waals surface area (Å²) in [6, 6.07) is 16.6. The molecule has 0 spiro atoms. The number of hydrogen-bond donors (Lipinski definition) is 1. The highest BCUT2D eigenvalue weighted by Crippen LogP contribution is 2.34. The molecule has 38 heavy (non-hydrogen) atoms. The lowest BCUT2D eigenvalue weighted by Crippen LogP contribution is -2.23. The maximum atomic E-state index is 13.4. The van der Waals surface area contributed by atoms with E-state index in [9.17, 15) is 9.59 Å². The van der Waals surface area contributed by atoms with Gasteiger partial charge in [-0.25, -0.2) is 4.98 Å². The molecule has 1 aliphatic heterocycles. The zero-order valence-electron chi connectivity index (χ0n) is 20.3. The van der Waals surface area contributed by atoms with Gasteiger partial charge in [0.05, 0.1) is 23.6 Å². The fourth-order valence-corrected chi connectivity index (χ4v) is 5.01. The van der Waals surface area contributed by atoms with Gasteiger partial charge < -0.3 is 14.3 Å². The minimum Gasteiger partial charge on any atom is -0.461 e. The number of benzene rings is 2. The Hall–Kier alpha value is -4.57. The second-order valence-corrected chi connectivity index (χ2v) is 9.51. The van der Waals surface area contributed by atoms with E-state index in [-0.39, 0.29) is 24.2 Å². The maximum Gasteiger partial charge on any atom is 0.302 e. The molecule has 1 unspecified atom stereocenters. The molecular weight excluding hydrogens is 506 g/mol. The van der Waals surface area contributed by atoms with Gasteiger partial charge in [0.2, 0.25) is 0 Å². The number of carbonyl (C=O) groups is 1. The van der Waals surface area contributed by atoms with Gasteiger partial charge >= 0.3 is 5.97 Å². The fraction of sp³-hybridized carbons (Fsp3) is 0.185. The Labute approximate surface area is 221 Å². The largest absolute Gasteiger partial charge is 0.461 e. The van der Waals surface area contributed by atoms with Crippen molar-refractivity contribution in [2.24, 2.45) is 0 Å². The number of rotatable bonds is 6. The van der Waals surface area contributed by atoms with Crippen molar-refractivity contribution < 1.29 is 9.53 Å². The van der Waals surface area contributed by atoms with Gasteiger partial charge in [0.25, 0.3) is 5.56 Å². The smallest absolute Gasteiger partial charge is 0.302 e. The Morgan fingerprint density at radius 1 is 1.13 bits per heavy atom. The molecule has 0 aliphatic carbocycles. The van der Waals surface area contributed by atoms with E-state index in [1.165, 1.54) is 13.3 Å². The molecule has 0 saturated carbocycles. The number of aromatic nitrogens is 7. The van der Waals surface area contributed by atoms with Gasteiger partial charge in [-0.3, -0.25) is 9.59 Å². The molecule has 1 aliphatic rings. The number of esters is 1. The number of pyridine rings is 1. The first-order valence-electron chi connectivity index (χ1n) is 12.0. The zero-order valence-corrected chi connectivity index (χ0v) is 21.1. The van der Waals surface area contributed by atoms with Crippen molar-refractivity contribution in [1.29, 1.82) is 0 Å². The Morgan fingerprint density at radius 2 is 1.97 bits per heavy atom. The number of aryl methyl sites for hydroxylation is 1. The Balaban J connectivity index is 1.29. The van der Waals surface area contributed by atoms with E-state index in [4.69, 9.17) is 16.3 Å². The minimum absolute atomic E-state index is 0.115. The molecular formula is C27H22ClN7O3. The minimum atomic E-state index is -0.313. The molecule has 0 saturated heterocycles. The van der Waals surface area contributed by atoms with Gasteiger partial charge in [-0.15, -0.1) is 5.10 Å². The Kier molecular flexibility index (Phi) is 6.09. The van der Waals surface area contributed by atoms with E-state index in [0.717, 1.165) is 58.0 Å². The average molecular weight is 528 g/mol. The SMILES string of the molecule is CC(=O)OCc1ccc(-c2cnc(C3CCc4cc(-c5cc(Cl)ccc5-n5cnnn5)cc(=O)n43)[nH]2)cc1. The summed E-state index contributed by atoms with van der Waals surface area (Å²) in [5, 5.41) is 12.0. The van der Waals surface area contributed by atoms with Gasteiger partial charge in [0.15, 0.2) is 0 Å². The summed E-state index contributed by atoms with van der Waals surface area (Å²) in [5.74, 6) is 0.418. The van der Waals surface area contributed by atoms with Crippen LogP contribution < -0.4 is 5.56 Å². The lowest BCUT2D eigenvalue weighted by molar-refractivity contribution is -0.142. The van der Waals surface area contributed by atoms with E-state index in [2.05, 4.69) is 25.5 Å². The first-order chi connectivity index (χ1) is 18.5. The molecule has 6 rings (SSSR count). The summed E-state index contributed by atoms with van der Waals surface area (Å²) >= 11 is 6.30. The van der Waals surface area contributed by atoms with Crippen LogP contribution in [0.15, 0.2) is 71.9 Å².